The van der Waals surface area contributed by atoms with Gasteiger partial charge in [0.1, 0.15) is 0 Å². The lowest BCUT2D eigenvalue weighted by Gasteiger charge is -2.23. The fourth-order valence-corrected chi connectivity index (χ4v) is 2.31. The quantitative estimate of drug-likeness (QED) is 0.319. The Kier molecular flexibility index (Phi) is 10.8. The second kappa shape index (κ2) is 11.3. The van der Waals surface area contributed by atoms with E-state index in [1.165, 1.54) is 25.7 Å². The first-order valence-corrected chi connectivity index (χ1v) is 7.44. The van der Waals surface area contributed by atoms with E-state index < -0.39 is 0 Å². The Morgan fingerprint density at radius 3 is 2.22 bits per heavy atom. The molecule has 2 amide bonds. The Bertz CT molecular complexity index is 209. The van der Waals surface area contributed by atoms with Gasteiger partial charge in [0, 0.05) is 6.04 Å². The highest BCUT2D eigenvalue weighted by atomic mass is 16.2. The van der Waals surface area contributed by atoms with Crippen molar-refractivity contribution in [3.63, 3.8) is 0 Å². The maximum absolute atomic E-state index is 11.3. The van der Waals surface area contributed by atoms with Crippen molar-refractivity contribution in [1.29, 1.82) is 0 Å². The maximum Gasteiger partial charge on any atom is 0.329 e. The molecule has 0 spiro atoms. The number of carbonyl (C=O) groups excluding carboxylic acids is 1. The molecule has 0 radical (unpaired) electrons. The molecule has 2 unspecified atom stereocenters. The molecular formula is C14H31N3O. The van der Waals surface area contributed by atoms with Crippen molar-refractivity contribution in [2.24, 2.45) is 11.8 Å². The smallest absolute Gasteiger partial charge is 0.329 e. The Labute approximate surface area is 112 Å². The Morgan fingerprint density at radius 1 is 1.11 bits per heavy atom. The van der Waals surface area contributed by atoms with Crippen LogP contribution in [0.2, 0.25) is 0 Å². The van der Waals surface area contributed by atoms with Gasteiger partial charge in [-0.1, -0.05) is 59.3 Å². The number of hydrogen-bond acceptors (Lipinski definition) is 2. The zero-order valence-electron chi connectivity index (χ0n) is 12.3. The summed E-state index contributed by atoms with van der Waals surface area (Å²) in [6.07, 6.45) is 9.41. The molecular weight excluding hydrogens is 226 g/mol. The van der Waals surface area contributed by atoms with Crippen LogP contribution in [0.1, 0.15) is 72.1 Å². The molecule has 0 saturated carbocycles. The lowest BCUT2D eigenvalue weighted by molar-refractivity contribution is 0.231. The van der Waals surface area contributed by atoms with Gasteiger partial charge in [0.2, 0.25) is 0 Å². The van der Waals surface area contributed by atoms with Crippen molar-refractivity contribution in [3.8, 4) is 0 Å². The summed E-state index contributed by atoms with van der Waals surface area (Å²) in [5, 5.41) is 2.97. The number of hydrogen-bond donors (Lipinski definition) is 3. The summed E-state index contributed by atoms with van der Waals surface area (Å²) in [6, 6.07) is -0.00301. The van der Waals surface area contributed by atoms with E-state index in [9.17, 15) is 4.79 Å². The monoisotopic (exact) mass is 257 g/mol. The third kappa shape index (κ3) is 8.34. The summed E-state index contributed by atoms with van der Waals surface area (Å²) < 4.78 is 0. The van der Waals surface area contributed by atoms with Crippen LogP contribution in [0.4, 0.5) is 4.79 Å². The van der Waals surface area contributed by atoms with Crippen LogP contribution in [0, 0.1) is 5.92 Å². The third-order valence-electron chi connectivity index (χ3n) is 3.53. The van der Waals surface area contributed by atoms with Crippen LogP contribution in [0.3, 0.4) is 0 Å². The zero-order chi connectivity index (χ0) is 13.8. The largest absolute Gasteiger partial charge is 0.334 e. The first-order chi connectivity index (χ1) is 8.67. The molecule has 0 aliphatic rings. The van der Waals surface area contributed by atoms with Gasteiger partial charge in [0.25, 0.3) is 0 Å². The minimum atomic E-state index is -0.263. The number of amides is 2. The van der Waals surface area contributed by atoms with Crippen LogP contribution in [0.5, 0.6) is 0 Å². The number of nitrogens with one attached hydrogen (secondary N) is 2. The summed E-state index contributed by atoms with van der Waals surface area (Å²) in [5.74, 6) is 5.84. The molecule has 4 N–H and O–H groups in total. The van der Waals surface area contributed by atoms with E-state index in [4.69, 9.17) is 5.84 Å². The van der Waals surface area contributed by atoms with E-state index >= 15 is 0 Å². The molecule has 18 heavy (non-hydrogen) atoms. The normalized spacial score (nSPS) is 14.0. The van der Waals surface area contributed by atoms with Crippen LogP contribution >= 0.6 is 0 Å². The van der Waals surface area contributed by atoms with E-state index in [1.807, 2.05) is 0 Å². The van der Waals surface area contributed by atoms with E-state index in [1.54, 1.807) is 0 Å². The molecule has 4 nitrogen and oxygen atoms in total. The topological polar surface area (TPSA) is 67.2 Å². The SMILES string of the molecule is CCCCC(CC)CC(CCCC)NC(=O)NN. The lowest BCUT2D eigenvalue weighted by Crippen LogP contribution is -2.45. The minimum Gasteiger partial charge on any atom is -0.334 e. The molecule has 0 saturated heterocycles. The van der Waals surface area contributed by atoms with Gasteiger partial charge in [-0.3, -0.25) is 5.43 Å². The van der Waals surface area contributed by atoms with E-state index in [0.717, 1.165) is 25.7 Å². The van der Waals surface area contributed by atoms with Gasteiger partial charge in [0.05, 0.1) is 0 Å². The summed E-state index contributed by atoms with van der Waals surface area (Å²) >= 11 is 0. The van der Waals surface area contributed by atoms with Gasteiger partial charge < -0.3 is 5.32 Å². The highest BCUT2D eigenvalue weighted by Gasteiger charge is 2.16. The molecule has 0 fully saturated rings. The number of carbonyl (C=O) groups is 1. The van der Waals surface area contributed by atoms with Crippen molar-refractivity contribution >= 4 is 6.03 Å². The lowest BCUT2D eigenvalue weighted by atomic mass is 9.90. The Hall–Kier alpha value is -0.770. The highest BCUT2D eigenvalue weighted by molar-refractivity contribution is 5.73. The average Bonchev–Trinajstić information content (AvgIpc) is 2.40. The average molecular weight is 257 g/mol. The second-order valence-corrected chi connectivity index (χ2v) is 5.11. The molecule has 2 atom stereocenters. The predicted octanol–water partition coefficient (Wildman–Crippen LogP) is 3.32. The zero-order valence-corrected chi connectivity index (χ0v) is 12.3. The van der Waals surface area contributed by atoms with Gasteiger partial charge in [0.15, 0.2) is 0 Å². The molecule has 0 aromatic rings. The van der Waals surface area contributed by atoms with Crippen LogP contribution in [0.25, 0.3) is 0 Å². The van der Waals surface area contributed by atoms with Gasteiger partial charge in [-0.25, -0.2) is 10.6 Å². The summed E-state index contributed by atoms with van der Waals surface area (Å²) in [7, 11) is 0. The molecule has 0 bridgehead atoms. The standard InChI is InChI=1S/C14H31N3O/c1-4-7-9-12(6-3)11-13(10-8-5-2)16-14(18)17-15/h12-13H,4-11,15H2,1-3H3,(H2,16,17,18). The van der Waals surface area contributed by atoms with Crippen LogP contribution in [-0.4, -0.2) is 12.1 Å². The first-order valence-electron chi connectivity index (χ1n) is 7.44. The molecule has 0 aliphatic heterocycles. The molecule has 0 aliphatic carbocycles. The molecule has 0 heterocycles. The van der Waals surface area contributed by atoms with Gasteiger partial charge in [-0.05, 0) is 18.8 Å². The fraction of sp³-hybridized carbons (Fsp3) is 0.929. The van der Waals surface area contributed by atoms with Crippen molar-refractivity contribution < 1.29 is 4.79 Å². The molecule has 108 valence electrons. The molecule has 0 aromatic carbocycles. The fourth-order valence-electron chi connectivity index (χ4n) is 2.31. The molecule has 0 aromatic heterocycles. The molecule has 4 heteroatoms. The van der Waals surface area contributed by atoms with Crippen LogP contribution in [-0.2, 0) is 0 Å². The number of urea groups is 1. The van der Waals surface area contributed by atoms with Crippen molar-refractivity contribution in [2.45, 2.75) is 78.2 Å². The summed E-state index contributed by atoms with van der Waals surface area (Å²) in [6.45, 7) is 6.63. The number of nitrogens with two attached hydrogens (primary N) is 1. The Balaban J connectivity index is 4.20. The molecule has 0 rings (SSSR count). The summed E-state index contributed by atoms with van der Waals surface area (Å²) in [5.41, 5.74) is 2.16. The second-order valence-electron chi connectivity index (χ2n) is 5.11. The van der Waals surface area contributed by atoms with Crippen molar-refractivity contribution in [2.75, 3.05) is 0 Å². The van der Waals surface area contributed by atoms with E-state index in [-0.39, 0.29) is 12.1 Å². The third-order valence-corrected chi connectivity index (χ3v) is 3.53. The number of unbranched alkanes of at least 4 members (excludes halogenated alkanes) is 2. The van der Waals surface area contributed by atoms with E-state index in [2.05, 4.69) is 31.5 Å². The first kappa shape index (κ1) is 17.2. The van der Waals surface area contributed by atoms with Crippen molar-refractivity contribution in [1.82, 2.24) is 10.7 Å². The number of rotatable bonds is 10. The van der Waals surface area contributed by atoms with Gasteiger partial charge in [-0.15, -0.1) is 0 Å². The van der Waals surface area contributed by atoms with E-state index in [0.29, 0.717) is 5.92 Å². The predicted molar refractivity (Wildman–Crippen MR) is 77.1 cm³/mol. The van der Waals surface area contributed by atoms with Crippen LogP contribution < -0.4 is 16.6 Å². The minimum absolute atomic E-state index is 0.260. The Morgan fingerprint density at radius 2 is 1.72 bits per heavy atom. The van der Waals surface area contributed by atoms with Gasteiger partial charge >= 0.3 is 6.03 Å². The van der Waals surface area contributed by atoms with Crippen molar-refractivity contribution in [3.05, 3.63) is 0 Å². The van der Waals surface area contributed by atoms with Gasteiger partial charge in [-0.2, -0.15) is 0 Å². The van der Waals surface area contributed by atoms with Crippen LogP contribution in [0.15, 0.2) is 0 Å². The highest BCUT2D eigenvalue weighted by Crippen LogP contribution is 2.20. The number of hydrazine groups is 1. The maximum atomic E-state index is 11.3. The summed E-state index contributed by atoms with van der Waals surface area (Å²) in [4.78, 5) is 11.3.